The third-order valence-electron chi connectivity index (χ3n) is 6.42. The van der Waals surface area contributed by atoms with E-state index in [1.54, 1.807) is 11.6 Å². The Balaban J connectivity index is 1.36. The topological polar surface area (TPSA) is 106 Å². The lowest BCUT2D eigenvalue weighted by molar-refractivity contribution is -0.133. The first-order valence-corrected chi connectivity index (χ1v) is 11.6. The minimum absolute atomic E-state index is 0.122. The SMILES string of the molecule is COc1ccc(Cl)cc1CN1CCN(C(=O)CCc2c(C)nc3c(C(N)=O)cnn3c2C)CC1. The molecule has 9 nitrogen and oxygen atoms in total. The number of piperazine rings is 1. The second-order valence-electron chi connectivity index (χ2n) is 8.53. The molecule has 0 spiro atoms. The first-order chi connectivity index (χ1) is 16.3. The molecule has 1 aliphatic rings. The minimum atomic E-state index is -0.558. The van der Waals surface area contributed by atoms with Crippen molar-refractivity contribution in [2.75, 3.05) is 33.3 Å². The van der Waals surface area contributed by atoms with E-state index in [0.717, 1.165) is 47.9 Å². The Morgan fingerprint density at radius 2 is 1.91 bits per heavy atom. The van der Waals surface area contributed by atoms with E-state index in [1.807, 2.05) is 36.9 Å². The number of hydrogen-bond donors (Lipinski definition) is 1. The third-order valence-corrected chi connectivity index (χ3v) is 6.66. The summed E-state index contributed by atoms with van der Waals surface area (Å²) in [6.07, 6.45) is 2.39. The average molecular weight is 485 g/mol. The van der Waals surface area contributed by atoms with Crippen molar-refractivity contribution in [2.24, 2.45) is 5.73 Å². The zero-order valence-corrected chi connectivity index (χ0v) is 20.4. The van der Waals surface area contributed by atoms with Crippen molar-refractivity contribution in [3.63, 3.8) is 0 Å². The number of carbonyl (C=O) groups is 2. The van der Waals surface area contributed by atoms with Crippen LogP contribution in [-0.4, -0.2) is 69.5 Å². The summed E-state index contributed by atoms with van der Waals surface area (Å²) in [5.74, 6) is 0.383. The van der Waals surface area contributed by atoms with Crippen molar-refractivity contribution in [1.29, 1.82) is 0 Å². The molecule has 180 valence electrons. The van der Waals surface area contributed by atoms with E-state index in [4.69, 9.17) is 22.1 Å². The third kappa shape index (κ3) is 4.85. The second-order valence-corrected chi connectivity index (χ2v) is 8.97. The first kappa shape index (κ1) is 24.0. The van der Waals surface area contributed by atoms with Gasteiger partial charge < -0.3 is 15.4 Å². The smallest absolute Gasteiger partial charge is 0.254 e. The number of hydrogen-bond acceptors (Lipinski definition) is 6. The summed E-state index contributed by atoms with van der Waals surface area (Å²) in [5, 5.41) is 4.94. The number of halogens is 1. The number of amides is 2. The van der Waals surface area contributed by atoms with Gasteiger partial charge in [-0.3, -0.25) is 14.5 Å². The van der Waals surface area contributed by atoms with Gasteiger partial charge in [-0.1, -0.05) is 11.6 Å². The van der Waals surface area contributed by atoms with Crippen LogP contribution in [0.5, 0.6) is 5.75 Å². The predicted molar refractivity (Wildman–Crippen MR) is 129 cm³/mol. The molecule has 0 bridgehead atoms. The van der Waals surface area contributed by atoms with E-state index >= 15 is 0 Å². The maximum atomic E-state index is 12.9. The van der Waals surface area contributed by atoms with Crippen molar-refractivity contribution in [2.45, 2.75) is 33.2 Å². The van der Waals surface area contributed by atoms with Gasteiger partial charge in [-0.15, -0.1) is 0 Å². The maximum Gasteiger partial charge on any atom is 0.254 e. The average Bonchev–Trinajstić information content (AvgIpc) is 3.23. The fraction of sp³-hybridized carbons (Fsp3) is 0.417. The molecular weight excluding hydrogens is 456 g/mol. The normalized spacial score (nSPS) is 14.5. The molecule has 0 radical (unpaired) electrons. The summed E-state index contributed by atoms with van der Waals surface area (Å²) in [6, 6.07) is 5.63. The molecule has 1 saturated heterocycles. The summed E-state index contributed by atoms with van der Waals surface area (Å²) in [4.78, 5) is 33.3. The van der Waals surface area contributed by atoms with E-state index < -0.39 is 5.91 Å². The van der Waals surface area contributed by atoms with Crippen LogP contribution in [0.15, 0.2) is 24.4 Å². The first-order valence-electron chi connectivity index (χ1n) is 11.2. The van der Waals surface area contributed by atoms with Gasteiger partial charge in [0.25, 0.3) is 5.91 Å². The number of ether oxygens (including phenoxy) is 1. The Morgan fingerprint density at radius 3 is 2.59 bits per heavy atom. The largest absolute Gasteiger partial charge is 0.496 e. The highest BCUT2D eigenvalue weighted by Crippen LogP contribution is 2.25. The molecule has 2 aromatic heterocycles. The van der Waals surface area contributed by atoms with Crippen molar-refractivity contribution in [3.8, 4) is 5.75 Å². The molecule has 3 heterocycles. The lowest BCUT2D eigenvalue weighted by atomic mass is 10.1. The fourth-order valence-corrected chi connectivity index (χ4v) is 4.70. The number of carbonyl (C=O) groups excluding carboxylic acids is 2. The van der Waals surface area contributed by atoms with Gasteiger partial charge in [0, 0.05) is 61.1 Å². The highest BCUT2D eigenvalue weighted by atomic mass is 35.5. The van der Waals surface area contributed by atoms with Crippen LogP contribution < -0.4 is 10.5 Å². The van der Waals surface area contributed by atoms with Crippen LogP contribution in [0.2, 0.25) is 5.02 Å². The number of nitrogens with zero attached hydrogens (tertiary/aromatic N) is 5. The fourth-order valence-electron chi connectivity index (χ4n) is 4.50. The van der Waals surface area contributed by atoms with Crippen LogP contribution in [0.25, 0.3) is 5.65 Å². The number of primary amides is 1. The van der Waals surface area contributed by atoms with Crippen LogP contribution in [0, 0.1) is 13.8 Å². The summed E-state index contributed by atoms with van der Waals surface area (Å²) in [7, 11) is 1.66. The maximum absolute atomic E-state index is 12.9. The van der Waals surface area contributed by atoms with E-state index in [-0.39, 0.29) is 5.91 Å². The summed E-state index contributed by atoms with van der Waals surface area (Å²) < 4.78 is 7.07. The molecule has 10 heteroatoms. The van der Waals surface area contributed by atoms with Gasteiger partial charge in [-0.25, -0.2) is 9.50 Å². The standard InChI is InChI=1S/C24H29ClN6O3/c1-15-19(16(2)31-24(28-15)20(13-27-31)23(26)33)5-7-22(32)30-10-8-29(9-11-30)14-17-12-18(25)4-6-21(17)34-3/h4,6,12-13H,5,7-11,14H2,1-3H3,(H2,26,33). The zero-order chi connectivity index (χ0) is 24.4. The number of aryl methyl sites for hydroxylation is 2. The molecule has 0 atom stereocenters. The van der Waals surface area contributed by atoms with Crippen molar-refractivity contribution < 1.29 is 14.3 Å². The quantitative estimate of drug-likeness (QED) is 0.552. The highest BCUT2D eigenvalue weighted by Gasteiger charge is 2.23. The highest BCUT2D eigenvalue weighted by molar-refractivity contribution is 6.30. The van der Waals surface area contributed by atoms with Crippen LogP contribution in [-0.2, 0) is 17.8 Å². The van der Waals surface area contributed by atoms with Crippen molar-refractivity contribution in [1.82, 2.24) is 24.4 Å². The number of fused-ring (bicyclic) bond motifs is 1. The van der Waals surface area contributed by atoms with Crippen molar-refractivity contribution in [3.05, 3.63) is 57.5 Å². The second kappa shape index (κ2) is 9.99. The Morgan fingerprint density at radius 1 is 1.18 bits per heavy atom. The van der Waals surface area contributed by atoms with Gasteiger partial charge in [0.1, 0.15) is 11.3 Å². The van der Waals surface area contributed by atoms with Crippen LogP contribution in [0.4, 0.5) is 0 Å². The molecule has 1 fully saturated rings. The van der Waals surface area contributed by atoms with E-state index in [0.29, 0.717) is 42.2 Å². The van der Waals surface area contributed by atoms with Gasteiger partial charge in [0.2, 0.25) is 5.91 Å². The molecule has 2 amide bonds. The van der Waals surface area contributed by atoms with Gasteiger partial charge >= 0.3 is 0 Å². The van der Waals surface area contributed by atoms with Gasteiger partial charge in [0.15, 0.2) is 5.65 Å². The molecule has 2 N–H and O–H groups in total. The van der Waals surface area contributed by atoms with Crippen LogP contribution in [0.3, 0.4) is 0 Å². The predicted octanol–water partition coefficient (Wildman–Crippen LogP) is 2.38. The summed E-state index contributed by atoms with van der Waals surface area (Å²) in [5.41, 5.74) is 9.81. The Kier molecular flexibility index (Phi) is 7.04. The summed E-state index contributed by atoms with van der Waals surface area (Å²) >= 11 is 6.15. The van der Waals surface area contributed by atoms with Crippen molar-refractivity contribution >= 4 is 29.1 Å². The molecule has 0 saturated carbocycles. The van der Waals surface area contributed by atoms with Gasteiger partial charge in [-0.2, -0.15) is 5.10 Å². The number of rotatable bonds is 7. The molecule has 4 rings (SSSR count). The zero-order valence-electron chi connectivity index (χ0n) is 19.7. The lowest BCUT2D eigenvalue weighted by Gasteiger charge is -2.35. The molecule has 3 aromatic rings. The minimum Gasteiger partial charge on any atom is -0.496 e. The Bertz CT molecular complexity index is 1230. The number of nitrogens with two attached hydrogens (primary N) is 1. The number of aromatic nitrogens is 3. The summed E-state index contributed by atoms with van der Waals surface area (Å²) in [6.45, 7) is 7.46. The molecule has 1 aromatic carbocycles. The van der Waals surface area contributed by atoms with Crippen LogP contribution in [0.1, 0.15) is 39.3 Å². The van der Waals surface area contributed by atoms with Gasteiger partial charge in [-0.05, 0) is 44.0 Å². The Labute approximate surface area is 203 Å². The lowest BCUT2D eigenvalue weighted by Crippen LogP contribution is -2.48. The van der Waals surface area contributed by atoms with Gasteiger partial charge in [0.05, 0.1) is 13.3 Å². The van der Waals surface area contributed by atoms with E-state index in [2.05, 4.69) is 15.0 Å². The number of benzene rings is 1. The monoisotopic (exact) mass is 484 g/mol. The molecular formula is C24H29ClN6O3. The molecule has 0 aliphatic carbocycles. The Hall–Kier alpha value is -3.17. The van der Waals surface area contributed by atoms with E-state index in [1.165, 1.54) is 6.20 Å². The number of methoxy groups -OCH3 is 1. The van der Waals surface area contributed by atoms with Crippen LogP contribution >= 0.6 is 11.6 Å². The molecule has 34 heavy (non-hydrogen) atoms. The van der Waals surface area contributed by atoms with E-state index in [9.17, 15) is 9.59 Å². The molecule has 0 unspecified atom stereocenters. The molecule has 1 aliphatic heterocycles.